The Morgan fingerprint density at radius 3 is 2.62 bits per heavy atom. The van der Waals surface area contributed by atoms with Crippen LogP contribution >= 0.6 is 0 Å². The number of piperidine rings is 1. The second-order valence-corrected chi connectivity index (χ2v) is 7.40. The van der Waals surface area contributed by atoms with E-state index in [4.69, 9.17) is 10.5 Å². The zero-order valence-electron chi connectivity index (χ0n) is 17.0. The smallest absolute Gasteiger partial charge is 0.217 e. The summed E-state index contributed by atoms with van der Waals surface area (Å²) in [6.07, 6.45) is 2.52. The minimum absolute atomic E-state index is 0.230. The van der Waals surface area contributed by atoms with Gasteiger partial charge < -0.3 is 20.7 Å². The third-order valence-electron chi connectivity index (χ3n) is 5.21. The van der Waals surface area contributed by atoms with Gasteiger partial charge in [0.15, 0.2) is 5.96 Å². The molecule has 0 aliphatic carbocycles. The number of carbonyl (C=O) groups is 1. The molecule has 154 valence electrons. The van der Waals surface area contributed by atoms with Crippen LogP contribution in [0.2, 0.25) is 0 Å². The number of ether oxygens (including phenoxy) is 1. The number of carbonyl (C=O) groups excluding carboxylic acids is 1. The molecule has 1 fully saturated rings. The van der Waals surface area contributed by atoms with E-state index in [0.717, 1.165) is 43.2 Å². The lowest BCUT2D eigenvalue weighted by Crippen LogP contribution is -2.47. The summed E-state index contributed by atoms with van der Waals surface area (Å²) in [7, 11) is 1.80. The number of aliphatic imine (C=N–C) groups is 1. The maximum Gasteiger partial charge on any atom is 0.217 e. The lowest BCUT2D eigenvalue weighted by Gasteiger charge is -2.34. The van der Waals surface area contributed by atoms with Gasteiger partial charge >= 0.3 is 0 Å². The largest absolute Gasteiger partial charge is 0.489 e. The van der Waals surface area contributed by atoms with Crippen molar-refractivity contribution in [3.8, 4) is 5.75 Å². The van der Waals surface area contributed by atoms with E-state index in [1.54, 1.807) is 7.05 Å². The van der Waals surface area contributed by atoms with Crippen molar-refractivity contribution in [3.63, 3.8) is 0 Å². The summed E-state index contributed by atoms with van der Waals surface area (Å²) < 4.78 is 5.92. The van der Waals surface area contributed by atoms with Gasteiger partial charge in [-0.25, -0.2) is 0 Å². The number of nitrogens with two attached hydrogens (primary N) is 1. The fourth-order valence-electron chi connectivity index (χ4n) is 3.76. The van der Waals surface area contributed by atoms with Gasteiger partial charge in [0.05, 0.1) is 0 Å². The van der Waals surface area contributed by atoms with E-state index in [2.05, 4.69) is 27.3 Å². The van der Waals surface area contributed by atoms with Crippen LogP contribution < -0.4 is 15.8 Å². The van der Waals surface area contributed by atoms with Crippen LogP contribution in [0, 0.1) is 5.92 Å². The van der Waals surface area contributed by atoms with Crippen molar-refractivity contribution >= 4 is 11.9 Å². The van der Waals surface area contributed by atoms with Gasteiger partial charge in [0, 0.05) is 33.1 Å². The Morgan fingerprint density at radius 2 is 1.90 bits per heavy atom. The molecule has 3 N–H and O–H groups in total. The topological polar surface area (TPSA) is 80.0 Å². The molecule has 1 atom stereocenters. The van der Waals surface area contributed by atoms with Gasteiger partial charge in [-0.3, -0.25) is 9.79 Å². The number of benzene rings is 2. The van der Waals surface area contributed by atoms with E-state index in [1.807, 2.05) is 42.5 Å². The van der Waals surface area contributed by atoms with Gasteiger partial charge in [-0.2, -0.15) is 0 Å². The highest BCUT2D eigenvalue weighted by atomic mass is 16.5. The lowest BCUT2D eigenvalue weighted by molar-refractivity contribution is -0.119. The van der Waals surface area contributed by atoms with Crippen molar-refractivity contribution in [1.29, 1.82) is 0 Å². The van der Waals surface area contributed by atoms with Gasteiger partial charge in [-0.15, -0.1) is 0 Å². The SMILES string of the molecule is CN=C(NCc1ccccc1COc1ccccc1)N1CCCC(CC(N)=O)C1. The van der Waals surface area contributed by atoms with Crippen molar-refractivity contribution < 1.29 is 9.53 Å². The molecule has 1 heterocycles. The molecule has 6 heteroatoms. The lowest BCUT2D eigenvalue weighted by atomic mass is 9.95. The van der Waals surface area contributed by atoms with Crippen LogP contribution in [-0.2, 0) is 17.9 Å². The van der Waals surface area contributed by atoms with E-state index in [0.29, 0.717) is 25.5 Å². The molecule has 0 spiro atoms. The second kappa shape index (κ2) is 10.5. The second-order valence-electron chi connectivity index (χ2n) is 7.40. The molecular weight excluding hydrogens is 364 g/mol. The zero-order chi connectivity index (χ0) is 20.5. The van der Waals surface area contributed by atoms with Crippen molar-refractivity contribution in [2.45, 2.75) is 32.4 Å². The first-order valence-electron chi connectivity index (χ1n) is 10.1. The number of nitrogens with one attached hydrogen (secondary N) is 1. The first kappa shape index (κ1) is 20.7. The first-order valence-corrected chi connectivity index (χ1v) is 10.1. The van der Waals surface area contributed by atoms with Crippen molar-refractivity contribution in [2.24, 2.45) is 16.6 Å². The molecule has 29 heavy (non-hydrogen) atoms. The number of para-hydroxylation sites is 1. The molecular formula is C23H30N4O2. The molecule has 2 aromatic carbocycles. The molecule has 1 amide bonds. The fourth-order valence-corrected chi connectivity index (χ4v) is 3.76. The van der Waals surface area contributed by atoms with Crippen LogP contribution in [-0.4, -0.2) is 36.9 Å². The van der Waals surface area contributed by atoms with Crippen LogP contribution in [0.3, 0.4) is 0 Å². The van der Waals surface area contributed by atoms with Crippen molar-refractivity contribution in [1.82, 2.24) is 10.2 Å². The minimum atomic E-state index is -0.230. The van der Waals surface area contributed by atoms with E-state index < -0.39 is 0 Å². The zero-order valence-corrected chi connectivity index (χ0v) is 17.0. The molecule has 1 aliphatic rings. The Hall–Kier alpha value is -3.02. The molecule has 0 saturated carbocycles. The van der Waals surface area contributed by atoms with Crippen LogP contribution in [0.5, 0.6) is 5.75 Å². The number of guanidine groups is 1. The maximum atomic E-state index is 11.3. The summed E-state index contributed by atoms with van der Waals surface area (Å²) in [6.45, 7) is 2.93. The van der Waals surface area contributed by atoms with Gasteiger partial charge in [-0.05, 0) is 42.0 Å². The Bertz CT molecular complexity index is 823. The first-order chi connectivity index (χ1) is 14.2. The highest BCUT2D eigenvalue weighted by Crippen LogP contribution is 2.20. The number of likely N-dealkylation sites (tertiary alicyclic amines) is 1. The molecule has 0 bridgehead atoms. The minimum Gasteiger partial charge on any atom is -0.489 e. The summed E-state index contributed by atoms with van der Waals surface area (Å²) in [5, 5.41) is 3.47. The van der Waals surface area contributed by atoms with Crippen LogP contribution in [0.25, 0.3) is 0 Å². The van der Waals surface area contributed by atoms with E-state index in [-0.39, 0.29) is 5.91 Å². The monoisotopic (exact) mass is 394 g/mol. The van der Waals surface area contributed by atoms with Crippen LogP contribution in [0.1, 0.15) is 30.4 Å². The van der Waals surface area contributed by atoms with Gasteiger partial charge in [-0.1, -0.05) is 42.5 Å². The summed E-state index contributed by atoms with van der Waals surface area (Å²) in [6, 6.07) is 18.1. The molecule has 6 nitrogen and oxygen atoms in total. The maximum absolute atomic E-state index is 11.3. The van der Waals surface area contributed by atoms with Gasteiger partial charge in [0.25, 0.3) is 0 Å². The number of rotatable bonds is 7. The van der Waals surface area contributed by atoms with E-state index in [1.165, 1.54) is 5.56 Å². The Morgan fingerprint density at radius 1 is 1.17 bits per heavy atom. The quantitative estimate of drug-likeness (QED) is 0.559. The average Bonchev–Trinajstić information content (AvgIpc) is 2.74. The fraction of sp³-hybridized carbons (Fsp3) is 0.391. The van der Waals surface area contributed by atoms with Gasteiger partial charge in [0.2, 0.25) is 5.91 Å². The Balaban J connectivity index is 1.59. The highest BCUT2D eigenvalue weighted by molar-refractivity contribution is 5.80. The van der Waals surface area contributed by atoms with E-state index >= 15 is 0 Å². The van der Waals surface area contributed by atoms with E-state index in [9.17, 15) is 4.79 Å². The highest BCUT2D eigenvalue weighted by Gasteiger charge is 2.23. The van der Waals surface area contributed by atoms with Crippen LogP contribution in [0.4, 0.5) is 0 Å². The summed E-state index contributed by atoms with van der Waals surface area (Å²) in [5.41, 5.74) is 7.70. The average molecular weight is 395 g/mol. The molecule has 0 aromatic heterocycles. The number of hydrogen-bond acceptors (Lipinski definition) is 3. The molecule has 2 aromatic rings. The number of hydrogen-bond donors (Lipinski definition) is 2. The van der Waals surface area contributed by atoms with Crippen molar-refractivity contribution in [2.75, 3.05) is 20.1 Å². The van der Waals surface area contributed by atoms with Crippen molar-refractivity contribution in [3.05, 3.63) is 65.7 Å². The molecule has 1 aliphatic heterocycles. The third kappa shape index (κ3) is 6.24. The Labute approximate surface area is 172 Å². The third-order valence-corrected chi connectivity index (χ3v) is 5.21. The molecule has 1 saturated heterocycles. The predicted octanol–water partition coefficient (Wildman–Crippen LogP) is 2.93. The number of primary amides is 1. The number of amides is 1. The Kier molecular flexibility index (Phi) is 7.50. The molecule has 1 unspecified atom stereocenters. The normalized spacial score (nSPS) is 17.1. The number of nitrogens with zero attached hydrogens (tertiary/aromatic N) is 2. The summed E-state index contributed by atoms with van der Waals surface area (Å²) in [4.78, 5) is 17.9. The summed E-state index contributed by atoms with van der Waals surface area (Å²) in [5.74, 6) is 1.79. The molecule has 0 radical (unpaired) electrons. The standard InChI is InChI=1S/C23H30N4O2/c1-25-23(27-13-7-8-18(16-27)14-22(24)28)26-15-19-9-5-6-10-20(19)17-29-21-11-3-2-4-12-21/h2-6,9-12,18H,7-8,13-17H2,1H3,(H2,24,28)(H,25,26). The van der Waals surface area contributed by atoms with Gasteiger partial charge in [0.1, 0.15) is 12.4 Å². The van der Waals surface area contributed by atoms with Crippen LogP contribution in [0.15, 0.2) is 59.6 Å². The predicted molar refractivity (Wildman–Crippen MR) is 116 cm³/mol. The molecule has 3 rings (SSSR count). The summed E-state index contributed by atoms with van der Waals surface area (Å²) >= 11 is 0.